The number of carbonyl (C=O) groups excluding carboxylic acids is 1. The maximum Gasteiger partial charge on any atom is 0.194 e. The molecule has 0 N–H and O–H groups in total. The quantitative estimate of drug-likeness (QED) is 0.459. The van der Waals surface area contributed by atoms with Gasteiger partial charge in [-0.2, -0.15) is 10.5 Å². The summed E-state index contributed by atoms with van der Waals surface area (Å²) in [5.74, 6) is -0.139. The minimum absolute atomic E-state index is 0.0297. The van der Waals surface area contributed by atoms with Crippen molar-refractivity contribution in [3.05, 3.63) is 68.9 Å². The second-order valence-corrected chi connectivity index (χ2v) is 7.27. The van der Waals surface area contributed by atoms with E-state index >= 15 is 0 Å². The van der Waals surface area contributed by atoms with Gasteiger partial charge in [0.05, 0.1) is 0 Å². The highest BCUT2D eigenvalue weighted by atomic mass is 32.1. The van der Waals surface area contributed by atoms with Crippen molar-refractivity contribution in [1.29, 1.82) is 10.5 Å². The molecule has 0 atom stereocenters. The zero-order valence-electron chi connectivity index (χ0n) is 12.2. The molecule has 0 aliphatic heterocycles. The van der Waals surface area contributed by atoms with E-state index in [1.54, 1.807) is 46.9 Å². The molecule has 0 radical (unpaired) electrons. The van der Waals surface area contributed by atoms with Crippen LogP contribution in [0.5, 0.6) is 0 Å². The Hall–Kier alpha value is -2.99. The number of nitrogens with zero attached hydrogens (tertiary/aromatic N) is 2. The van der Waals surface area contributed by atoms with E-state index in [-0.39, 0.29) is 11.4 Å². The second-order valence-electron chi connectivity index (χ2n) is 5.20. The fourth-order valence-corrected chi connectivity index (χ4v) is 4.91. The van der Waals surface area contributed by atoms with E-state index in [9.17, 15) is 15.3 Å². The zero-order valence-corrected chi connectivity index (χ0v) is 13.9. The van der Waals surface area contributed by atoms with Gasteiger partial charge in [-0.3, -0.25) is 4.79 Å². The number of Topliss-reactive ketones (excluding diaryl/α,β-unsaturated/α-hetero) is 1. The van der Waals surface area contributed by atoms with Crippen molar-refractivity contribution in [3.8, 4) is 12.1 Å². The van der Waals surface area contributed by atoms with E-state index in [0.29, 0.717) is 22.3 Å². The molecule has 4 rings (SSSR count). The number of rotatable bonds is 1. The molecule has 1 aromatic carbocycles. The number of carbonyl (C=O) groups is 1. The molecule has 0 amide bonds. The predicted molar refractivity (Wildman–Crippen MR) is 96.6 cm³/mol. The largest absolute Gasteiger partial charge is 0.289 e. The van der Waals surface area contributed by atoms with Crippen LogP contribution in [0.15, 0.2) is 52.9 Å². The average Bonchev–Trinajstić information content (AvgIpc) is 3.25. The van der Waals surface area contributed by atoms with E-state index in [0.717, 1.165) is 4.88 Å². The van der Waals surface area contributed by atoms with Gasteiger partial charge < -0.3 is 0 Å². The first kappa shape index (κ1) is 14.6. The van der Waals surface area contributed by atoms with Gasteiger partial charge in [0.2, 0.25) is 0 Å². The van der Waals surface area contributed by atoms with Crippen LogP contribution in [-0.4, -0.2) is 5.78 Å². The van der Waals surface area contributed by atoms with Crippen molar-refractivity contribution in [2.75, 3.05) is 0 Å². The standard InChI is InChI=1S/C19H8N2OS2/c20-9-11(10-21)18-13-3-1-2-4-14(13)19(22)15(18)7-12-8-17-16(24-12)5-6-23-17/h1-8H/b15-7-. The van der Waals surface area contributed by atoms with Gasteiger partial charge in [-0.25, -0.2) is 0 Å². The first-order valence-corrected chi connectivity index (χ1v) is 8.80. The van der Waals surface area contributed by atoms with Crippen molar-refractivity contribution in [1.82, 2.24) is 0 Å². The van der Waals surface area contributed by atoms with Gasteiger partial charge in [0.1, 0.15) is 17.7 Å². The van der Waals surface area contributed by atoms with E-state index in [1.807, 2.05) is 35.7 Å². The maximum absolute atomic E-state index is 12.8. The van der Waals surface area contributed by atoms with Crippen LogP contribution in [0, 0.1) is 22.7 Å². The van der Waals surface area contributed by atoms with E-state index in [2.05, 4.69) is 0 Å². The summed E-state index contributed by atoms with van der Waals surface area (Å²) in [6.45, 7) is 0. The van der Waals surface area contributed by atoms with Gasteiger partial charge >= 0.3 is 0 Å². The summed E-state index contributed by atoms with van der Waals surface area (Å²) in [5, 5.41) is 20.6. The number of hydrogen-bond acceptors (Lipinski definition) is 5. The molecule has 0 unspecified atom stereocenters. The number of thiophene rings is 2. The Balaban J connectivity index is 1.97. The Morgan fingerprint density at radius 3 is 2.50 bits per heavy atom. The molecule has 0 bridgehead atoms. The summed E-state index contributed by atoms with van der Waals surface area (Å²) in [7, 11) is 0. The van der Waals surface area contributed by atoms with Crippen LogP contribution in [0.3, 0.4) is 0 Å². The van der Waals surface area contributed by atoms with E-state index in [1.165, 1.54) is 9.40 Å². The van der Waals surface area contributed by atoms with Gasteiger partial charge in [0, 0.05) is 31.0 Å². The molecule has 1 aliphatic carbocycles. The Labute approximate surface area is 146 Å². The van der Waals surface area contributed by atoms with Crippen LogP contribution >= 0.6 is 22.7 Å². The zero-order chi connectivity index (χ0) is 16.7. The highest BCUT2D eigenvalue weighted by Crippen LogP contribution is 2.41. The van der Waals surface area contributed by atoms with Crippen LogP contribution in [-0.2, 0) is 0 Å². The SMILES string of the molecule is N#CC(C#N)=C1/C(=C/c2cc3sccc3s2)C(=O)c2ccccc21. The number of fused-ring (bicyclic) bond motifs is 2. The summed E-state index contributed by atoms with van der Waals surface area (Å²) in [6, 6.07) is 15.0. The molecular weight excluding hydrogens is 336 g/mol. The highest BCUT2D eigenvalue weighted by molar-refractivity contribution is 7.27. The topological polar surface area (TPSA) is 64.7 Å². The van der Waals surface area contributed by atoms with Gasteiger partial charge in [-0.05, 0) is 29.2 Å². The monoisotopic (exact) mass is 344 g/mol. The average molecular weight is 344 g/mol. The molecule has 112 valence electrons. The minimum atomic E-state index is -0.139. The molecule has 24 heavy (non-hydrogen) atoms. The summed E-state index contributed by atoms with van der Waals surface area (Å²) < 4.78 is 2.34. The summed E-state index contributed by atoms with van der Waals surface area (Å²) >= 11 is 3.24. The molecule has 0 spiro atoms. The molecule has 5 heteroatoms. The van der Waals surface area contributed by atoms with Crippen LogP contribution in [0.2, 0.25) is 0 Å². The first-order chi connectivity index (χ1) is 11.7. The van der Waals surface area contributed by atoms with Crippen molar-refractivity contribution in [2.24, 2.45) is 0 Å². The predicted octanol–water partition coefficient (Wildman–Crippen LogP) is 5.04. The lowest BCUT2D eigenvalue weighted by Gasteiger charge is -2.00. The lowest BCUT2D eigenvalue weighted by Crippen LogP contribution is -1.95. The van der Waals surface area contributed by atoms with Gasteiger partial charge in [-0.1, -0.05) is 24.3 Å². The molecular formula is C19H8N2OS2. The first-order valence-electron chi connectivity index (χ1n) is 7.10. The summed E-state index contributed by atoms with van der Waals surface area (Å²) in [6.07, 6.45) is 1.80. The third-order valence-electron chi connectivity index (χ3n) is 3.87. The molecule has 3 nitrogen and oxygen atoms in total. The number of ketones is 1. The third kappa shape index (κ3) is 2.11. The normalized spacial score (nSPS) is 14.7. The Bertz CT molecular complexity index is 1100. The summed E-state index contributed by atoms with van der Waals surface area (Å²) in [4.78, 5) is 13.7. The van der Waals surface area contributed by atoms with Crippen molar-refractivity contribution < 1.29 is 4.79 Å². The van der Waals surface area contributed by atoms with Gasteiger partial charge in [-0.15, -0.1) is 22.7 Å². The molecule has 3 aromatic rings. The van der Waals surface area contributed by atoms with E-state index in [4.69, 9.17) is 0 Å². The van der Waals surface area contributed by atoms with Gasteiger partial charge in [0.25, 0.3) is 0 Å². The molecule has 0 saturated heterocycles. The fourth-order valence-electron chi connectivity index (χ4n) is 2.84. The van der Waals surface area contributed by atoms with Crippen molar-refractivity contribution >= 4 is 49.5 Å². The molecule has 1 aliphatic rings. The molecule has 2 aromatic heterocycles. The third-order valence-corrected chi connectivity index (χ3v) is 5.91. The number of hydrogen-bond donors (Lipinski definition) is 0. The number of allylic oxidation sites excluding steroid dienone is 3. The van der Waals surface area contributed by atoms with Crippen LogP contribution in [0.1, 0.15) is 20.8 Å². The fraction of sp³-hybridized carbons (Fsp3) is 0. The number of benzene rings is 1. The second kappa shape index (κ2) is 5.58. The van der Waals surface area contributed by atoms with Crippen LogP contribution < -0.4 is 0 Å². The maximum atomic E-state index is 12.8. The Morgan fingerprint density at radius 2 is 1.79 bits per heavy atom. The van der Waals surface area contributed by atoms with Crippen molar-refractivity contribution in [2.45, 2.75) is 0 Å². The minimum Gasteiger partial charge on any atom is -0.289 e. The molecule has 0 fully saturated rings. The lowest BCUT2D eigenvalue weighted by molar-refractivity contribution is 0.104. The van der Waals surface area contributed by atoms with Gasteiger partial charge in [0.15, 0.2) is 5.78 Å². The van der Waals surface area contributed by atoms with Crippen molar-refractivity contribution in [3.63, 3.8) is 0 Å². The molecule has 2 heterocycles. The highest BCUT2D eigenvalue weighted by Gasteiger charge is 2.32. The smallest absolute Gasteiger partial charge is 0.194 e. The van der Waals surface area contributed by atoms with Crippen LogP contribution in [0.4, 0.5) is 0 Å². The molecule has 0 saturated carbocycles. The lowest BCUT2D eigenvalue weighted by atomic mass is 9.99. The summed E-state index contributed by atoms with van der Waals surface area (Å²) in [5.41, 5.74) is 2.03. The Kier molecular flexibility index (Phi) is 3.39. The number of nitriles is 2. The van der Waals surface area contributed by atoms with Crippen LogP contribution in [0.25, 0.3) is 21.0 Å². The Morgan fingerprint density at radius 1 is 1.04 bits per heavy atom. The van der Waals surface area contributed by atoms with E-state index < -0.39 is 0 Å².